The van der Waals surface area contributed by atoms with Crippen LogP contribution in [0.3, 0.4) is 0 Å². The predicted molar refractivity (Wildman–Crippen MR) is 87.5 cm³/mol. The first-order valence-electron chi connectivity index (χ1n) is 7.43. The van der Waals surface area contributed by atoms with Gasteiger partial charge in [0.2, 0.25) is 5.91 Å². The topological polar surface area (TPSA) is 46.6 Å². The molecule has 22 heavy (non-hydrogen) atoms. The van der Waals surface area contributed by atoms with E-state index in [2.05, 4.69) is 0 Å². The standard InChI is InChI=1S/C17H24ClNO3/c1-12(2)9-16(20)19(10-13(3)17(21)22-4)11-14-5-7-15(18)8-6-14/h5-8,12-13H,9-11H2,1-4H3. The maximum absolute atomic E-state index is 12.4. The van der Waals surface area contributed by atoms with Gasteiger partial charge in [-0.1, -0.05) is 44.5 Å². The molecule has 0 saturated heterocycles. The third-order valence-electron chi connectivity index (χ3n) is 3.32. The van der Waals surface area contributed by atoms with Crippen LogP contribution >= 0.6 is 11.6 Å². The van der Waals surface area contributed by atoms with E-state index >= 15 is 0 Å². The van der Waals surface area contributed by atoms with E-state index in [1.807, 2.05) is 26.0 Å². The average Bonchev–Trinajstić information content (AvgIpc) is 2.47. The number of carbonyl (C=O) groups is 2. The van der Waals surface area contributed by atoms with Crippen LogP contribution in [-0.2, 0) is 20.9 Å². The number of nitrogens with zero attached hydrogens (tertiary/aromatic N) is 1. The minimum atomic E-state index is -0.353. The van der Waals surface area contributed by atoms with Gasteiger partial charge in [0.15, 0.2) is 0 Å². The van der Waals surface area contributed by atoms with Crippen LogP contribution in [0.4, 0.5) is 0 Å². The van der Waals surface area contributed by atoms with E-state index in [4.69, 9.17) is 16.3 Å². The van der Waals surface area contributed by atoms with Gasteiger partial charge in [-0.2, -0.15) is 0 Å². The van der Waals surface area contributed by atoms with Crippen molar-refractivity contribution in [3.63, 3.8) is 0 Å². The Balaban J connectivity index is 2.83. The first-order chi connectivity index (χ1) is 10.3. The molecule has 0 aliphatic carbocycles. The van der Waals surface area contributed by atoms with Gasteiger partial charge >= 0.3 is 5.97 Å². The summed E-state index contributed by atoms with van der Waals surface area (Å²) in [5.41, 5.74) is 0.985. The molecule has 0 saturated carbocycles. The van der Waals surface area contributed by atoms with Crippen LogP contribution in [0.15, 0.2) is 24.3 Å². The quantitative estimate of drug-likeness (QED) is 0.720. The molecule has 0 bridgehead atoms. The molecule has 0 fully saturated rings. The molecule has 4 nitrogen and oxygen atoms in total. The molecular weight excluding hydrogens is 302 g/mol. The van der Waals surface area contributed by atoms with Crippen LogP contribution in [0.1, 0.15) is 32.8 Å². The van der Waals surface area contributed by atoms with Crippen LogP contribution in [0.25, 0.3) is 0 Å². The van der Waals surface area contributed by atoms with Gasteiger partial charge in [0.05, 0.1) is 13.0 Å². The fourth-order valence-electron chi connectivity index (χ4n) is 2.15. The molecule has 0 heterocycles. The molecule has 1 rings (SSSR count). The Morgan fingerprint density at radius 3 is 2.27 bits per heavy atom. The molecule has 1 aromatic carbocycles. The van der Waals surface area contributed by atoms with Crippen molar-refractivity contribution in [3.05, 3.63) is 34.9 Å². The lowest BCUT2D eigenvalue weighted by atomic mass is 10.1. The van der Waals surface area contributed by atoms with E-state index < -0.39 is 0 Å². The summed E-state index contributed by atoms with van der Waals surface area (Å²) in [5, 5.41) is 0.659. The van der Waals surface area contributed by atoms with E-state index in [1.165, 1.54) is 7.11 Å². The molecule has 122 valence electrons. The van der Waals surface area contributed by atoms with Gasteiger partial charge in [0.25, 0.3) is 0 Å². The zero-order valence-corrected chi connectivity index (χ0v) is 14.4. The van der Waals surface area contributed by atoms with Crippen molar-refractivity contribution in [1.29, 1.82) is 0 Å². The van der Waals surface area contributed by atoms with Crippen molar-refractivity contribution >= 4 is 23.5 Å². The number of rotatable bonds is 7. The molecule has 0 aliphatic heterocycles. The van der Waals surface area contributed by atoms with Crippen molar-refractivity contribution in [1.82, 2.24) is 4.90 Å². The lowest BCUT2D eigenvalue weighted by Gasteiger charge is -2.26. The highest BCUT2D eigenvalue weighted by Crippen LogP contribution is 2.15. The molecule has 1 atom stereocenters. The summed E-state index contributed by atoms with van der Waals surface area (Å²) >= 11 is 5.88. The number of hydrogen-bond acceptors (Lipinski definition) is 3. The SMILES string of the molecule is COC(=O)C(C)CN(Cc1ccc(Cl)cc1)C(=O)CC(C)C. The monoisotopic (exact) mass is 325 g/mol. The summed E-state index contributed by atoms with van der Waals surface area (Å²) in [4.78, 5) is 25.7. The van der Waals surface area contributed by atoms with Crippen LogP contribution in [0, 0.1) is 11.8 Å². The Labute approximate surface area is 137 Å². The van der Waals surface area contributed by atoms with E-state index in [0.717, 1.165) is 5.56 Å². The highest BCUT2D eigenvalue weighted by Gasteiger charge is 2.22. The van der Waals surface area contributed by atoms with Crippen LogP contribution < -0.4 is 0 Å². The van der Waals surface area contributed by atoms with Gasteiger partial charge in [-0.15, -0.1) is 0 Å². The van der Waals surface area contributed by atoms with Crippen LogP contribution in [0.2, 0.25) is 5.02 Å². The van der Waals surface area contributed by atoms with E-state index in [-0.39, 0.29) is 23.7 Å². The number of hydrogen-bond donors (Lipinski definition) is 0. The second-order valence-electron chi connectivity index (χ2n) is 5.92. The molecule has 1 unspecified atom stereocenters. The maximum atomic E-state index is 12.4. The largest absolute Gasteiger partial charge is 0.469 e. The lowest BCUT2D eigenvalue weighted by molar-refractivity contribution is -0.146. The number of amides is 1. The van der Waals surface area contributed by atoms with E-state index in [0.29, 0.717) is 24.5 Å². The first kappa shape index (κ1) is 18.5. The van der Waals surface area contributed by atoms with Crippen molar-refractivity contribution < 1.29 is 14.3 Å². The van der Waals surface area contributed by atoms with Crippen molar-refractivity contribution in [2.45, 2.75) is 33.7 Å². The van der Waals surface area contributed by atoms with Gasteiger partial charge in [0.1, 0.15) is 0 Å². The summed E-state index contributed by atoms with van der Waals surface area (Å²) in [6.45, 7) is 6.58. The Morgan fingerprint density at radius 1 is 1.18 bits per heavy atom. The van der Waals surface area contributed by atoms with Gasteiger partial charge < -0.3 is 9.64 Å². The van der Waals surface area contributed by atoms with Crippen LogP contribution in [-0.4, -0.2) is 30.4 Å². The highest BCUT2D eigenvalue weighted by molar-refractivity contribution is 6.30. The minimum Gasteiger partial charge on any atom is -0.469 e. The zero-order chi connectivity index (χ0) is 16.7. The molecule has 0 aromatic heterocycles. The molecule has 1 amide bonds. The smallest absolute Gasteiger partial charge is 0.310 e. The van der Waals surface area contributed by atoms with Crippen LogP contribution in [0.5, 0.6) is 0 Å². The fourth-order valence-corrected chi connectivity index (χ4v) is 2.28. The predicted octanol–water partition coefficient (Wildman–Crippen LogP) is 3.52. The summed E-state index contributed by atoms with van der Waals surface area (Å²) in [7, 11) is 1.36. The highest BCUT2D eigenvalue weighted by atomic mass is 35.5. The number of methoxy groups -OCH3 is 1. The third-order valence-corrected chi connectivity index (χ3v) is 3.57. The fraction of sp³-hybridized carbons (Fsp3) is 0.529. The summed E-state index contributed by atoms with van der Waals surface area (Å²) < 4.78 is 4.75. The summed E-state index contributed by atoms with van der Waals surface area (Å²) in [5.74, 6) is -0.346. The Morgan fingerprint density at radius 2 is 1.77 bits per heavy atom. The Kier molecular flexibility index (Phi) is 7.39. The molecule has 0 radical (unpaired) electrons. The lowest BCUT2D eigenvalue weighted by Crippen LogP contribution is -2.37. The van der Waals surface area contributed by atoms with Crippen molar-refractivity contribution in [2.24, 2.45) is 11.8 Å². The second-order valence-corrected chi connectivity index (χ2v) is 6.36. The number of carbonyl (C=O) groups excluding carboxylic acids is 2. The number of halogens is 1. The molecule has 5 heteroatoms. The Hall–Kier alpha value is -1.55. The molecule has 0 spiro atoms. The van der Waals surface area contributed by atoms with Gasteiger partial charge in [-0.25, -0.2) is 0 Å². The summed E-state index contributed by atoms with van der Waals surface area (Å²) in [6, 6.07) is 7.37. The van der Waals surface area contributed by atoms with Gasteiger partial charge in [-0.05, 0) is 23.6 Å². The molecule has 0 N–H and O–H groups in total. The number of ether oxygens (including phenoxy) is 1. The van der Waals surface area contributed by atoms with Crippen molar-refractivity contribution in [3.8, 4) is 0 Å². The molecular formula is C17H24ClNO3. The van der Waals surface area contributed by atoms with Crippen molar-refractivity contribution in [2.75, 3.05) is 13.7 Å². The Bertz CT molecular complexity index is 499. The average molecular weight is 326 g/mol. The normalized spacial score (nSPS) is 12.1. The summed E-state index contributed by atoms with van der Waals surface area (Å²) in [6.07, 6.45) is 0.460. The first-order valence-corrected chi connectivity index (χ1v) is 7.81. The number of esters is 1. The zero-order valence-electron chi connectivity index (χ0n) is 13.6. The maximum Gasteiger partial charge on any atom is 0.310 e. The number of benzene rings is 1. The molecule has 0 aliphatic rings. The van der Waals surface area contributed by atoms with E-state index in [1.54, 1.807) is 24.0 Å². The molecule has 1 aromatic rings. The van der Waals surface area contributed by atoms with Gasteiger partial charge in [-0.3, -0.25) is 9.59 Å². The second kappa shape index (κ2) is 8.79. The minimum absolute atomic E-state index is 0.0423. The third kappa shape index (κ3) is 6.06. The van der Waals surface area contributed by atoms with Gasteiger partial charge in [0, 0.05) is 24.5 Å². The van der Waals surface area contributed by atoms with E-state index in [9.17, 15) is 9.59 Å².